The number of halogens is 1. The number of rotatable bonds is 1. The Morgan fingerprint density at radius 3 is 2.19 bits per heavy atom. The summed E-state index contributed by atoms with van der Waals surface area (Å²) in [6.45, 7) is 7.31. The van der Waals surface area contributed by atoms with E-state index in [0.29, 0.717) is 6.04 Å². The number of carbonyl (C=O) groups excluding carboxylic acids is 1. The monoisotopic (exact) mass is 248 g/mol. The Balaban J connectivity index is 0.00000128. The molecule has 0 atom stereocenters. The lowest BCUT2D eigenvalue weighted by Gasteiger charge is -2.40. The molecule has 0 N–H and O–H groups in total. The largest absolute Gasteiger partial charge is 0.381 e. The van der Waals surface area contributed by atoms with Crippen molar-refractivity contribution in [2.75, 3.05) is 39.4 Å². The molecule has 4 nitrogen and oxygen atoms in total. The summed E-state index contributed by atoms with van der Waals surface area (Å²) in [7, 11) is 0. The number of hydrogen-bond acceptors (Lipinski definition) is 3. The molecule has 0 unspecified atom stereocenters. The van der Waals surface area contributed by atoms with Gasteiger partial charge in [-0.1, -0.05) is 0 Å². The van der Waals surface area contributed by atoms with E-state index in [-0.39, 0.29) is 18.3 Å². The third-order valence-electron chi connectivity index (χ3n) is 3.47. The Morgan fingerprint density at radius 1 is 1.12 bits per heavy atom. The first kappa shape index (κ1) is 13.7. The molecule has 2 aliphatic heterocycles. The molecule has 0 aromatic carbocycles. The van der Waals surface area contributed by atoms with Crippen LogP contribution in [0.1, 0.15) is 19.8 Å². The molecular formula is C11H21ClN2O2. The van der Waals surface area contributed by atoms with Crippen LogP contribution in [0, 0.1) is 0 Å². The van der Waals surface area contributed by atoms with E-state index in [0.717, 1.165) is 52.2 Å². The highest BCUT2D eigenvalue weighted by molar-refractivity contribution is 5.85. The lowest BCUT2D eigenvalue weighted by Crippen LogP contribution is -2.52. The van der Waals surface area contributed by atoms with Gasteiger partial charge < -0.3 is 9.64 Å². The highest BCUT2D eigenvalue weighted by atomic mass is 35.5. The second-order valence-electron chi connectivity index (χ2n) is 4.39. The summed E-state index contributed by atoms with van der Waals surface area (Å²) in [6.07, 6.45) is 2.31. The summed E-state index contributed by atoms with van der Waals surface area (Å²) in [4.78, 5) is 15.6. The zero-order chi connectivity index (χ0) is 10.7. The number of amides is 1. The Labute approximate surface area is 103 Å². The fraction of sp³-hybridized carbons (Fsp3) is 0.909. The predicted molar refractivity (Wildman–Crippen MR) is 64.9 cm³/mol. The van der Waals surface area contributed by atoms with Crippen LogP contribution in [0.3, 0.4) is 0 Å². The van der Waals surface area contributed by atoms with Crippen LogP contribution in [0.15, 0.2) is 0 Å². The van der Waals surface area contributed by atoms with Crippen LogP contribution in [0.2, 0.25) is 0 Å². The van der Waals surface area contributed by atoms with Crippen molar-refractivity contribution in [3.05, 3.63) is 0 Å². The van der Waals surface area contributed by atoms with Crippen LogP contribution in [0.4, 0.5) is 0 Å². The van der Waals surface area contributed by atoms with Gasteiger partial charge in [0.05, 0.1) is 0 Å². The van der Waals surface area contributed by atoms with Gasteiger partial charge in [-0.25, -0.2) is 0 Å². The van der Waals surface area contributed by atoms with Gasteiger partial charge in [0.1, 0.15) is 0 Å². The van der Waals surface area contributed by atoms with Crippen molar-refractivity contribution in [1.29, 1.82) is 0 Å². The van der Waals surface area contributed by atoms with Gasteiger partial charge in [-0.05, 0) is 12.8 Å². The van der Waals surface area contributed by atoms with Gasteiger partial charge in [-0.15, -0.1) is 12.4 Å². The highest BCUT2D eigenvalue weighted by Crippen LogP contribution is 2.16. The minimum Gasteiger partial charge on any atom is -0.381 e. The molecule has 0 aromatic heterocycles. The fourth-order valence-corrected chi connectivity index (χ4v) is 2.45. The molecule has 2 rings (SSSR count). The minimum atomic E-state index is 0. The lowest BCUT2D eigenvalue weighted by atomic mass is 10.1. The predicted octanol–water partition coefficient (Wildman–Crippen LogP) is 0.751. The third-order valence-corrected chi connectivity index (χ3v) is 3.47. The Kier molecular flexibility index (Phi) is 5.52. The molecule has 2 aliphatic rings. The first-order valence-corrected chi connectivity index (χ1v) is 5.84. The van der Waals surface area contributed by atoms with Crippen LogP contribution in [-0.4, -0.2) is 61.1 Å². The summed E-state index contributed by atoms with van der Waals surface area (Å²) >= 11 is 0. The molecular weight excluding hydrogens is 228 g/mol. The van der Waals surface area contributed by atoms with Crippen molar-refractivity contribution >= 4 is 18.3 Å². The Bertz CT molecular complexity index is 224. The first-order chi connectivity index (χ1) is 7.27. The van der Waals surface area contributed by atoms with Gasteiger partial charge in [0.15, 0.2) is 0 Å². The van der Waals surface area contributed by atoms with Gasteiger partial charge in [0.25, 0.3) is 0 Å². The molecule has 1 amide bonds. The maximum Gasteiger partial charge on any atom is 0.219 e. The van der Waals surface area contributed by atoms with E-state index in [2.05, 4.69) is 4.90 Å². The summed E-state index contributed by atoms with van der Waals surface area (Å²) in [6, 6.07) is 0.688. The molecule has 0 saturated carbocycles. The Morgan fingerprint density at radius 2 is 1.69 bits per heavy atom. The standard InChI is InChI=1S/C11H20N2O2.ClH/c1-10(14)12-4-6-13(7-5-12)11-2-8-15-9-3-11;/h11H,2-9H2,1H3;1H. The second-order valence-corrected chi connectivity index (χ2v) is 4.39. The SMILES string of the molecule is CC(=O)N1CCN(C2CCOCC2)CC1.Cl. The smallest absolute Gasteiger partial charge is 0.219 e. The summed E-state index contributed by atoms with van der Waals surface area (Å²) < 4.78 is 5.36. The molecule has 2 heterocycles. The van der Waals surface area contributed by atoms with Crippen molar-refractivity contribution in [2.24, 2.45) is 0 Å². The summed E-state index contributed by atoms with van der Waals surface area (Å²) in [5.41, 5.74) is 0. The molecule has 0 aromatic rings. The van der Waals surface area contributed by atoms with E-state index in [4.69, 9.17) is 4.74 Å². The molecule has 0 radical (unpaired) electrons. The van der Waals surface area contributed by atoms with Gasteiger partial charge in [0, 0.05) is 52.4 Å². The average Bonchev–Trinajstić information content (AvgIpc) is 2.30. The zero-order valence-electron chi connectivity index (χ0n) is 9.85. The maximum absolute atomic E-state index is 11.2. The average molecular weight is 249 g/mol. The summed E-state index contributed by atoms with van der Waals surface area (Å²) in [5, 5.41) is 0. The third kappa shape index (κ3) is 3.34. The van der Waals surface area contributed by atoms with Crippen LogP contribution in [-0.2, 0) is 9.53 Å². The fourth-order valence-electron chi connectivity index (χ4n) is 2.45. The number of carbonyl (C=O) groups is 1. The molecule has 0 spiro atoms. The van der Waals surface area contributed by atoms with E-state index in [1.54, 1.807) is 6.92 Å². The van der Waals surface area contributed by atoms with Gasteiger partial charge in [0.2, 0.25) is 5.91 Å². The van der Waals surface area contributed by atoms with E-state index in [1.807, 2.05) is 4.90 Å². The zero-order valence-corrected chi connectivity index (χ0v) is 10.7. The number of hydrogen-bond donors (Lipinski definition) is 0. The number of piperazine rings is 1. The quantitative estimate of drug-likeness (QED) is 0.687. The van der Waals surface area contributed by atoms with Gasteiger partial charge in [-0.3, -0.25) is 9.69 Å². The van der Waals surface area contributed by atoms with Crippen molar-refractivity contribution in [3.63, 3.8) is 0 Å². The highest BCUT2D eigenvalue weighted by Gasteiger charge is 2.25. The number of ether oxygens (including phenoxy) is 1. The number of nitrogens with zero attached hydrogens (tertiary/aromatic N) is 2. The van der Waals surface area contributed by atoms with Crippen LogP contribution in [0.5, 0.6) is 0 Å². The van der Waals surface area contributed by atoms with Crippen molar-refractivity contribution in [3.8, 4) is 0 Å². The molecule has 5 heteroatoms. The maximum atomic E-state index is 11.2. The van der Waals surface area contributed by atoms with Gasteiger partial charge in [-0.2, -0.15) is 0 Å². The molecule has 0 bridgehead atoms. The minimum absolute atomic E-state index is 0. The lowest BCUT2D eigenvalue weighted by molar-refractivity contribution is -0.131. The first-order valence-electron chi connectivity index (χ1n) is 5.84. The molecule has 2 fully saturated rings. The van der Waals surface area contributed by atoms with E-state index < -0.39 is 0 Å². The summed E-state index contributed by atoms with van der Waals surface area (Å²) in [5.74, 6) is 0.210. The Hall–Kier alpha value is -0.320. The van der Waals surface area contributed by atoms with E-state index in [9.17, 15) is 4.79 Å². The molecule has 2 saturated heterocycles. The topological polar surface area (TPSA) is 32.8 Å². The molecule has 94 valence electrons. The van der Waals surface area contributed by atoms with Gasteiger partial charge >= 0.3 is 0 Å². The van der Waals surface area contributed by atoms with Crippen molar-refractivity contribution in [2.45, 2.75) is 25.8 Å². The van der Waals surface area contributed by atoms with Crippen LogP contribution in [0.25, 0.3) is 0 Å². The second kappa shape index (κ2) is 6.42. The van der Waals surface area contributed by atoms with E-state index >= 15 is 0 Å². The van der Waals surface area contributed by atoms with Crippen molar-refractivity contribution < 1.29 is 9.53 Å². The van der Waals surface area contributed by atoms with Crippen LogP contribution < -0.4 is 0 Å². The normalized spacial score (nSPS) is 23.9. The van der Waals surface area contributed by atoms with E-state index in [1.165, 1.54) is 0 Å². The molecule has 16 heavy (non-hydrogen) atoms. The van der Waals surface area contributed by atoms with Crippen LogP contribution >= 0.6 is 12.4 Å². The van der Waals surface area contributed by atoms with Crippen molar-refractivity contribution in [1.82, 2.24) is 9.80 Å². The molecule has 0 aliphatic carbocycles.